The first-order valence-corrected chi connectivity index (χ1v) is 10.6. The number of nitrogens with zero attached hydrogens (tertiary/aromatic N) is 1. The lowest BCUT2D eigenvalue weighted by Gasteiger charge is -2.19. The van der Waals surface area contributed by atoms with Crippen LogP contribution in [0.1, 0.15) is 39.0 Å². The van der Waals surface area contributed by atoms with E-state index in [-0.39, 0.29) is 10.8 Å². The molecule has 0 aliphatic carbocycles. The molecular weight excluding hydrogens is 356 g/mol. The molecule has 1 aliphatic rings. The Bertz CT molecular complexity index is 706. The Kier molecular flexibility index (Phi) is 7.71. The summed E-state index contributed by atoms with van der Waals surface area (Å²) in [5.74, 6) is 1.16. The fraction of sp³-hybridized carbons (Fsp3) is 0.611. The zero-order chi connectivity index (χ0) is 19.0. The van der Waals surface area contributed by atoms with Crippen molar-refractivity contribution in [2.75, 3.05) is 33.4 Å². The van der Waals surface area contributed by atoms with Crippen LogP contribution in [0.15, 0.2) is 23.1 Å². The number of amides is 1. The Hall–Kier alpha value is -1.80. The van der Waals surface area contributed by atoms with Gasteiger partial charge in [0.05, 0.1) is 4.90 Å². The van der Waals surface area contributed by atoms with E-state index in [2.05, 4.69) is 4.72 Å². The van der Waals surface area contributed by atoms with E-state index in [1.165, 1.54) is 12.1 Å². The third-order valence-electron chi connectivity index (χ3n) is 4.17. The highest BCUT2D eigenvalue weighted by atomic mass is 32.2. The molecule has 146 valence electrons. The molecule has 1 aliphatic heterocycles. The molecule has 1 amide bonds. The number of ether oxygens (including phenoxy) is 2. The molecule has 1 heterocycles. The van der Waals surface area contributed by atoms with Crippen LogP contribution in [0.3, 0.4) is 0 Å². The van der Waals surface area contributed by atoms with Gasteiger partial charge in [0.1, 0.15) is 13.2 Å². The second kappa shape index (κ2) is 9.78. The molecule has 0 spiro atoms. The summed E-state index contributed by atoms with van der Waals surface area (Å²) in [6.45, 7) is 4.03. The fourth-order valence-electron chi connectivity index (χ4n) is 2.71. The normalized spacial score (nSPS) is 13.5. The first kappa shape index (κ1) is 20.5. The van der Waals surface area contributed by atoms with Crippen molar-refractivity contribution in [3.63, 3.8) is 0 Å². The van der Waals surface area contributed by atoms with Crippen LogP contribution in [0.2, 0.25) is 0 Å². The average Bonchev–Trinajstić information content (AvgIpc) is 2.64. The van der Waals surface area contributed by atoms with Crippen molar-refractivity contribution in [1.82, 2.24) is 9.62 Å². The zero-order valence-electron chi connectivity index (χ0n) is 15.5. The van der Waals surface area contributed by atoms with Crippen molar-refractivity contribution >= 4 is 15.9 Å². The van der Waals surface area contributed by atoms with Crippen LogP contribution in [-0.2, 0) is 14.8 Å². The van der Waals surface area contributed by atoms with Gasteiger partial charge in [0.25, 0.3) is 0 Å². The molecule has 0 unspecified atom stereocenters. The van der Waals surface area contributed by atoms with Crippen LogP contribution in [-0.4, -0.2) is 52.6 Å². The topological polar surface area (TPSA) is 84.9 Å². The molecule has 0 aromatic heterocycles. The lowest BCUT2D eigenvalue weighted by Crippen LogP contribution is -2.27. The second-order valence-corrected chi connectivity index (χ2v) is 8.10. The maximum Gasteiger partial charge on any atom is 0.240 e. The van der Waals surface area contributed by atoms with E-state index < -0.39 is 10.0 Å². The van der Waals surface area contributed by atoms with Gasteiger partial charge >= 0.3 is 0 Å². The Labute approximate surface area is 155 Å². The molecule has 7 nitrogen and oxygen atoms in total. The minimum atomic E-state index is -3.58. The highest BCUT2D eigenvalue weighted by Crippen LogP contribution is 2.32. The number of unbranched alkanes of at least 4 members (excludes halogenated alkanes) is 2. The number of sulfonamides is 1. The largest absolute Gasteiger partial charge is 0.486 e. The molecule has 0 bridgehead atoms. The molecule has 0 saturated carbocycles. The predicted molar refractivity (Wildman–Crippen MR) is 99.0 cm³/mol. The quantitative estimate of drug-likeness (QED) is 0.625. The second-order valence-electron chi connectivity index (χ2n) is 6.33. The SMILES string of the molecule is CCCN(C)C(=O)CCCCCNS(=O)(=O)c1ccc2c(c1)OCCO2. The Morgan fingerprint density at radius 1 is 1.15 bits per heavy atom. The maximum atomic E-state index is 12.4. The van der Waals surface area contributed by atoms with Crippen LogP contribution >= 0.6 is 0 Å². The molecule has 0 saturated heterocycles. The van der Waals surface area contributed by atoms with Gasteiger partial charge in [-0.25, -0.2) is 13.1 Å². The summed E-state index contributed by atoms with van der Waals surface area (Å²) in [5.41, 5.74) is 0. The highest BCUT2D eigenvalue weighted by Gasteiger charge is 2.18. The lowest BCUT2D eigenvalue weighted by atomic mass is 10.2. The van der Waals surface area contributed by atoms with E-state index in [9.17, 15) is 13.2 Å². The summed E-state index contributed by atoms with van der Waals surface area (Å²) in [6, 6.07) is 4.61. The van der Waals surface area contributed by atoms with Gasteiger partial charge in [-0.2, -0.15) is 0 Å². The Morgan fingerprint density at radius 3 is 2.62 bits per heavy atom. The zero-order valence-corrected chi connectivity index (χ0v) is 16.3. The molecule has 0 fully saturated rings. The number of rotatable bonds is 10. The van der Waals surface area contributed by atoms with Gasteiger partial charge in [0.15, 0.2) is 11.5 Å². The van der Waals surface area contributed by atoms with Crippen molar-refractivity contribution in [2.45, 2.75) is 43.9 Å². The van der Waals surface area contributed by atoms with Crippen molar-refractivity contribution < 1.29 is 22.7 Å². The molecule has 0 atom stereocenters. The maximum absolute atomic E-state index is 12.4. The summed E-state index contributed by atoms with van der Waals surface area (Å²) >= 11 is 0. The minimum absolute atomic E-state index is 0.142. The monoisotopic (exact) mass is 384 g/mol. The van der Waals surface area contributed by atoms with Crippen molar-refractivity contribution in [3.05, 3.63) is 18.2 Å². The van der Waals surface area contributed by atoms with Gasteiger partial charge in [-0.15, -0.1) is 0 Å². The summed E-state index contributed by atoms with van der Waals surface area (Å²) in [7, 11) is -1.77. The molecular formula is C18H28N2O5S. The van der Waals surface area contributed by atoms with Gasteiger partial charge in [-0.3, -0.25) is 4.79 Å². The van der Waals surface area contributed by atoms with E-state index in [0.717, 1.165) is 25.8 Å². The van der Waals surface area contributed by atoms with Gasteiger partial charge in [-0.05, 0) is 31.4 Å². The van der Waals surface area contributed by atoms with Crippen LogP contribution in [0, 0.1) is 0 Å². The molecule has 2 rings (SSSR count). The predicted octanol–water partition coefficient (Wildman–Crippen LogP) is 2.16. The molecule has 8 heteroatoms. The minimum Gasteiger partial charge on any atom is -0.486 e. The van der Waals surface area contributed by atoms with E-state index in [4.69, 9.17) is 9.47 Å². The van der Waals surface area contributed by atoms with Crippen molar-refractivity contribution in [3.8, 4) is 11.5 Å². The van der Waals surface area contributed by atoms with Crippen LogP contribution in [0.5, 0.6) is 11.5 Å². The van der Waals surface area contributed by atoms with E-state index in [1.807, 2.05) is 14.0 Å². The van der Waals surface area contributed by atoms with Gasteiger partial charge in [-0.1, -0.05) is 13.3 Å². The van der Waals surface area contributed by atoms with Crippen LogP contribution < -0.4 is 14.2 Å². The third-order valence-corrected chi connectivity index (χ3v) is 5.63. The number of carbonyl (C=O) groups is 1. The highest BCUT2D eigenvalue weighted by molar-refractivity contribution is 7.89. The number of benzene rings is 1. The molecule has 26 heavy (non-hydrogen) atoms. The Morgan fingerprint density at radius 2 is 1.88 bits per heavy atom. The standard InChI is InChI=1S/C18H28N2O5S/c1-3-11-20(2)18(21)7-5-4-6-10-19-26(22,23)15-8-9-16-17(14-15)25-13-12-24-16/h8-9,14,19H,3-7,10-13H2,1-2H3. The Balaban J connectivity index is 1.72. The van der Waals surface area contributed by atoms with Crippen LogP contribution in [0.4, 0.5) is 0 Å². The lowest BCUT2D eigenvalue weighted by molar-refractivity contribution is -0.130. The smallest absolute Gasteiger partial charge is 0.240 e. The first-order chi connectivity index (χ1) is 12.4. The van der Waals surface area contributed by atoms with E-state index >= 15 is 0 Å². The molecule has 1 aromatic carbocycles. The molecule has 0 radical (unpaired) electrons. The summed E-state index contributed by atoms with van der Waals surface area (Å²) in [4.78, 5) is 13.7. The summed E-state index contributed by atoms with van der Waals surface area (Å²) in [5, 5.41) is 0. The van der Waals surface area contributed by atoms with Crippen molar-refractivity contribution in [1.29, 1.82) is 0 Å². The number of fused-ring (bicyclic) bond motifs is 1. The molecule has 1 aromatic rings. The van der Waals surface area contributed by atoms with Gasteiger partial charge in [0.2, 0.25) is 15.9 Å². The first-order valence-electron chi connectivity index (χ1n) is 9.07. The summed E-state index contributed by atoms with van der Waals surface area (Å²) < 4.78 is 38.1. The van der Waals surface area contributed by atoms with Crippen molar-refractivity contribution in [2.24, 2.45) is 0 Å². The average molecular weight is 384 g/mol. The number of carbonyl (C=O) groups excluding carboxylic acids is 1. The van der Waals surface area contributed by atoms with Crippen LogP contribution in [0.25, 0.3) is 0 Å². The number of nitrogens with one attached hydrogen (secondary N) is 1. The number of hydrogen-bond acceptors (Lipinski definition) is 5. The van der Waals surface area contributed by atoms with E-state index in [1.54, 1.807) is 11.0 Å². The van der Waals surface area contributed by atoms with Gasteiger partial charge < -0.3 is 14.4 Å². The third kappa shape index (κ3) is 5.88. The van der Waals surface area contributed by atoms with Gasteiger partial charge in [0, 0.05) is 32.6 Å². The molecule has 1 N–H and O–H groups in total. The summed E-state index contributed by atoms with van der Waals surface area (Å²) in [6.07, 6.45) is 3.71. The number of hydrogen-bond donors (Lipinski definition) is 1. The fourth-order valence-corrected chi connectivity index (χ4v) is 3.80. The van der Waals surface area contributed by atoms with E-state index in [0.29, 0.717) is 44.1 Å².